The molecule has 3 amide bonds. The van der Waals surface area contributed by atoms with Crippen LogP contribution in [0.15, 0.2) is 5.16 Å². The van der Waals surface area contributed by atoms with Crippen LogP contribution in [0.25, 0.3) is 0 Å². The van der Waals surface area contributed by atoms with Crippen molar-refractivity contribution in [3.63, 3.8) is 0 Å². The average molecular weight is 493 g/mol. The molecule has 0 radical (unpaired) electrons. The van der Waals surface area contributed by atoms with E-state index >= 15 is 0 Å². The van der Waals surface area contributed by atoms with Crippen LogP contribution in [0.4, 0.5) is 4.79 Å². The minimum Gasteiger partial charge on any atom is -0.480 e. The van der Waals surface area contributed by atoms with Crippen LogP contribution in [-0.4, -0.2) is 93.5 Å². The van der Waals surface area contributed by atoms with Gasteiger partial charge in [0.25, 0.3) is 5.91 Å². The van der Waals surface area contributed by atoms with Crippen LogP contribution < -0.4 is 11.1 Å². The van der Waals surface area contributed by atoms with Gasteiger partial charge in [0.1, 0.15) is 17.7 Å². The Morgan fingerprint density at radius 3 is 2.27 bits per heavy atom. The zero-order valence-electron chi connectivity index (χ0n) is 19.3. The molecule has 2 unspecified atom stereocenters. The fraction of sp³-hybridized carbons (Fsp3) is 0.684. The summed E-state index contributed by atoms with van der Waals surface area (Å²) in [5.74, 6) is -3.74. The first-order chi connectivity index (χ1) is 15.2. The fourth-order valence-corrected chi connectivity index (χ4v) is 2.93. The van der Waals surface area contributed by atoms with Crippen LogP contribution in [-0.2, 0) is 28.8 Å². The van der Waals surface area contributed by atoms with Crippen molar-refractivity contribution in [1.29, 1.82) is 0 Å². The molecule has 0 aromatic heterocycles. The summed E-state index contributed by atoms with van der Waals surface area (Å²) in [5, 5.41) is 24.1. The van der Waals surface area contributed by atoms with E-state index in [1.165, 1.54) is 0 Å². The number of nitrogens with zero attached hydrogens (tertiary/aromatic N) is 2. The molecule has 0 spiro atoms. The molecule has 188 valence electrons. The largest absolute Gasteiger partial charge is 0.480 e. The van der Waals surface area contributed by atoms with E-state index in [1.807, 2.05) is 0 Å². The van der Waals surface area contributed by atoms with Gasteiger partial charge in [-0.15, -0.1) is 0 Å². The second-order valence-electron chi connectivity index (χ2n) is 7.76. The topological polar surface area (TPSA) is 198 Å². The van der Waals surface area contributed by atoms with Gasteiger partial charge in [0.15, 0.2) is 5.71 Å². The molecule has 0 bridgehead atoms. The maximum absolute atomic E-state index is 12.5. The molecular formula is C19H32N4O9S. The smallest absolute Gasteiger partial charge is 0.413 e. The molecule has 0 fully saturated rings. The van der Waals surface area contributed by atoms with Gasteiger partial charge in [-0.1, -0.05) is 5.16 Å². The predicted molar refractivity (Wildman–Crippen MR) is 120 cm³/mol. The molecule has 0 rings (SSSR count). The second kappa shape index (κ2) is 14.3. The molecule has 0 aromatic carbocycles. The fourth-order valence-electron chi connectivity index (χ4n) is 1.98. The number of carboxylic acids is 1. The van der Waals surface area contributed by atoms with E-state index in [1.54, 1.807) is 27.7 Å². The van der Waals surface area contributed by atoms with Gasteiger partial charge >= 0.3 is 18.0 Å². The van der Waals surface area contributed by atoms with E-state index in [-0.39, 0.29) is 36.7 Å². The molecule has 33 heavy (non-hydrogen) atoms. The number of rotatable bonds is 13. The first-order valence-corrected chi connectivity index (χ1v) is 11.1. The number of hydrogen-bond acceptors (Lipinski definition) is 10. The van der Waals surface area contributed by atoms with Crippen molar-refractivity contribution >= 4 is 47.3 Å². The third-order valence-corrected chi connectivity index (χ3v) is 4.76. The van der Waals surface area contributed by atoms with E-state index in [2.05, 4.69) is 10.5 Å². The number of ether oxygens (including phenoxy) is 1. The molecule has 0 aliphatic heterocycles. The SMILES string of the molecule is CCOC(=O)C(CSCC(NC(=O)CCC(N)C(=O)O)C(=O)N(C)C(=O)O)=NOC(C)(C)C. The van der Waals surface area contributed by atoms with Crippen molar-refractivity contribution in [1.82, 2.24) is 10.2 Å². The monoisotopic (exact) mass is 492 g/mol. The zero-order valence-corrected chi connectivity index (χ0v) is 20.1. The van der Waals surface area contributed by atoms with Gasteiger partial charge in [0.2, 0.25) is 5.91 Å². The standard InChI is InChI=1S/C19H32N4O9S/c1-6-31-17(28)13(22-32-19(2,3)4)10-33-9-12(15(25)23(5)18(29)30)21-14(24)8-7-11(20)16(26)27/h11-12H,6-10,20H2,1-5H3,(H,21,24)(H,26,27)(H,29,30). The minimum atomic E-state index is -1.52. The first kappa shape index (κ1) is 30.1. The Morgan fingerprint density at radius 2 is 1.79 bits per heavy atom. The highest BCUT2D eigenvalue weighted by Gasteiger charge is 2.28. The maximum Gasteiger partial charge on any atom is 0.413 e. The number of amides is 3. The van der Waals surface area contributed by atoms with Gasteiger partial charge in [-0.05, 0) is 34.1 Å². The Morgan fingerprint density at radius 1 is 1.18 bits per heavy atom. The molecule has 0 saturated carbocycles. The highest BCUT2D eigenvalue weighted by atomic mass is 32.2. The molecule has 0 heterocycles. The van der Waals surface area contributed by atoms with Gasteiger partial charge in [0, 0.05) is 25.0 Å². The molecule has 0 aliphatic rings. The van der Waals surface area contributed by atoms with Gasteiger partial charge in [-0.2, -0.15) is 11.8 Å². The van der Waals surface area contributed by atoms with Crippen molar-refractivity contribution < 1.29 is 43.8 Å². The Bertz CT molecular complexity index is 752. The summed E-state index contributed by atoms with van der Waals surface area (Å²) in [4.78, 5) is 64.4. The molecule has 2 atom stereocenters. The van der Waals surface area contributed by atoms with E-state index in [9.17, 15) is 24.0 Å². The lowest BCUT2D eigenvalue weighted by molar-refractivity contribution is -0.139. The number of carbonyl (C=O) groups excluding carboxylic acids is 3. The Kier molecular flexibility index (Phi) is 13.1. The normalized spacial score (nSPS) is 13.5. The summed E-state index contributed by atoms with van der Waals surface area (Å²) < 4.78 is 4.94. The number of carbonyl (C=O) groups is 5. The molecule has 0 saturated heterocycles. The van der Waals surface area contributed by atoms with E-state index < -0.39 is 47.5 Å². The zero-order chi connectivity index (χ0) is 25.8. The lowest BCUT2D eigenvalue weighted by atomic mass is 10.1. The molecule has 5 N–H and O–H groups in total. The van der Waals surface area contributed by atoms with Crippen LogP contribution in [0.5, 0.6) is 0 Å². The maximum atomic E-state index is 12.5. The van der Waals surface area contributed by atoms with Crippen molar-refractivity contribution in [3.8, 4) is 0 Å². The number of carboxylic acid groups (broad SMARTS) is 2. The number of thioether (sulfide) groups is 1. The number of nitrogens with two attached hydrogens (primary N) is 1. The second-order valence-corrected chi connectivity index (χ2v) is 8.79. The molecule has 0 aromatic rings. The van der Waals surface area contributed by atoms with Crippen LogP contribution >= 0.6 is 11.8 Å². The van der Waals surface area contributed by atoms with Crippen LogP contribution in [0.1, 0.15) is 40.5 Å². The van der Waals surface area contributed by atoms with Crippen molar-refractivity contribution in [3.05, 3.63) is 0 Å². The van der Waals surface area contributed by atoms with Crippen LogP contribution in [0, 0.1) is 0 Å². The summed E-state index contributed by atoms with van der Waals surface area (Å²) in [7, 11) is 1.03. The summed E-state index contributed by atoms with van der Waals surface area (Å²) in [6, 6.07) is -2.52. The van der Waals surface area contributed by atoms with Gasteiger partial charge in [-0.3, -0.25) is 14.4 Å². The Hall–Kier alpha value is -2.87. The summed E-state index contributed by atoms with van der Waals surface area (Å²) in [5.41, 5.74) is 4.63. The lowest BCUT2D eigenvalue weighted by Crippen LogP contribution is -2.50. The average Bonchev–Trinajstić information content (AvgIpc) is 2.71. The third-order valence-electron chi connectivity index (χ3n) is 3.71. The lowest BCUT2D eigenvalue weighted by Gasteiger charge is -2.22. The number of hydrogen-bond donors (Lipinski definition) is 4. The molecule has 0 aliphatic carbocycles. The number of imide groups is 1. The van der Waals surface area contributed by atoms with Gasteiger partial charge in [0.05, 0.1) is 6.61 Å². The summed E-state index contributed by atoms with van der Waals surface area (Å²) in [6.45, 7) is 6.92. The Labute approximate surface area is 196 Å². The van der Waals surface area contributed by atoms with Gasteiger partial charge in [-0.25, -0.2) is 14.5 Å². The van der Waals surface area contributed by atoms with Crippen LogP contribution in [0.2, 0.25) is 0 Å². The predicted octanol–water partition coefficient (Wildman–Crippen LogP) is 0.267. The van der Waals surface area contributed by atoms with E-state index in [0.717, 1.165) is 18.8 Å². The quantitative estimate of drug-likeness (QED) is 0.156. The number of nitrogens with one attached hydrogen (secondary N) is 1. The third kappa shape index (κ3) is 12.7. The summed E-state index contributed by atoms with van der Waals surface area (Å²) >= 11 is 1.02. The first-order valence-electron chi connectivity index (χ1n) is 9.97. The molecule has 14 heteroatoms. The van der Waals surface area contributed by atoms with Gasteiger partial charge < -0.3 is 30.8 Å². The van der Waals surface area contributed by atoms with E-state index in [0.29, 0.717) is 4.90 Å². The van der Waals surface area contributed by atoms with Crippen molar-refractivity contribution in [2.45, 2.75) is 58.2 Å². The highest BCUT2D eigenvalue weighted by Crippen LogP contribution is 2.12. The Balaban J connectivity index is 5.30. The number of likely N-dealkylation sites (N-methyl/N-ethyl adjacent to an activating group) is 1. The number of esters is 1. The van der Waals surface area contributed by atoms with Crippen molar-refractivity contribution in [2.24, 2.45) is 10.9 Å². The molecule has 13 nitrogen and oxygen atoms in total. The van der Waals surface area contributed by atoms with Crippen molar-refractivity contribution in [2.75, 3.05) is 25.2 Å². The van der Waals surface area contributed by atoms with E-state index in [4.69, 9.17) is 25.5 Å². The van der Waals surface area contributed by atoms with Crippen LogP contribution in [0.3, 0.4) is 0 Å². The number of oxime groups is 1. The molecular weight excluding hydrogens is 460 g/mol. The summed E-state index contributed by atoms with van der Waals surface area (Å²) in [6.07, 6.45) is -1.98. The number of aliphatic carboxylic acids is 1. The minimum absolute atomic E-state index is 0.0464. The highest BCUT2D eigenvalue weighted by molar-refractivity contribution is 8.00.